The van der Waals surface area contributed by atoms with Crippen LogP contribution in [0.2, 0.25) is 0 Å². The Kier molecular flexibility index (Phi) is 5.26. The number of ether oxygens (including phenoxy) is 2. The first-order chi connectivity index (χ1) is 10.0. The summed E-state index contributed by atoms with van der Waals surface area (Å²) in [4.78, 5) is 0. The van der Waals surface area contributed by atoms with Gasteiger partial charge in [0.15, 0.2) is 0 Å². The third-order valence-electron chi connectivity index (χ3n) is 3.37. The Labute approximate surface area is 134 Å². The summed E-state index contributed by atoms with van der Waals surface area (Å²) in [6.45, 7) is 5.09. The van der Waals surface area contributed by atoms with Gasteiger partial charge in [0, 0.05) is 16.6 Å². The molecule has 2 aromatic carbocycles. The lowest BCUT2D eigenvalue weighted by Crippen LogP contribution is -2.03. The van der Waals surface area contributed by atoms with Gasteiger partial charge in [-0.3, -0.25) is 0 Å². The summed E-state index contributed by atoms with van der Waals surface area (Å²) in [5.41, 5.74) is 10.0. The molecule has 0 radical (unpaired) electrons. The molecule has 0 atom stereocenters. The number of rotatable bonds is 5. The molecule has 0 amide bonds. The van der Waals surface area contributed by atoms with Crippen molar-refractivity contribution in [3.63, 3.8) is 0 Å². The van der Waals surface area contributed by atoms with Crippen LogP contribution in [0.1, 0.15) is 22.3 Å². The van der Waals surface area contributed by atoms with Crippen LogP contribution in [0.25, 0.3) is 0 Å². The van der Waals surface area contributed by atoms with E-state index in [1.54, 1.807) is 7.11 Å². The zero-order valence-corrected chi connectivity index (χ0v) is 14.2. The van der Waals surface area contributed by atoms with E-state index < -0.39 is 0 Å². The van der Waals surface area contributed by atoms with Gasteiger partial charge in [-0.2, -0.15) is 0 Å². The van der Waals surface area contributed by atoms with Crippen LogP contribution >= 0.6 is 15.9 Å². The maximum atomic E-state index is 6.01. The first kappa shape index (κ1) is 15.9. The Morgan fingerprint density at radius 3 is 2.33 bits per heavy atom. The molecule has 2 N–H and O–H groups in total. The number of hydrogen-bond acceptors (Lipinski definition) is 3. The largest absolute Gasteiger partial charge is 0.496 e. The van der Waals surface area contributed by atoms with E-state index >= 15 is 0 Å². The lowest BCUT2D eigenvalue weighted by atomic mass is 10.1. The molecular formula is C17H20BrNO2. The van der Waals surface area contributed by atoms with E-state index in [1.807, 2.05) is 32.0 Å². The van der Waals surface area contributed by atoms with Crippen molar-refractivity contribution in [3.05, 3.63) is 57.1 Å². The predicted molar refractivity (Wildman–Crippen MR) is 88.8 cm³/mol. The molecule has 0 aromatic heterocycles. The van der Waals surface area contributed by atoms with Crippen LogP contribution in [0, 0.1) is 13.8 Å². The Morgan fingerprint density at radius 2 is 1.76 bits per heavy atom. The summed E-state index contributed by atoms with van der Waals surface area (Å²) < 4.78 is 12.4. The van der Waals surface area contributed by atoms with E-state index in [1.165, 1.54) is 0 Å². The molecule has 0 unspecified atom stereocenters. The second-order valence-corrected chi connectivity index (χ2v) is 5.92. The molecule has 4 heteroatoms. The van der Waals surface area contributed by atoms with Gasteiger partial charge in [-0.05, 0) is 48.7 Å². The van der Waals surface area contributed by atoms with E-state index in [2.05, 4.69) is 28.1 Å². The quantitative estimate of drug-likeness (QED) is 0.883. The normalized spacial score (nSPS) is 10.5. The predicted octanol–water partition coefficient (Wildman–Crippen LogP) is 4.11. The molecule has 0 aliphatic rings. The van der Waals surface area contributed by atoms with Crippen LogP contribution in [0.4, 0.5) is 0 Å². The van der Waals surface area contributed by atoms with Gasteiger partial charge in [0.1, 0.15) is 18.1 Å². The van der Waals surface area contributed by atoms with Gasteiger partial charge in [0.25, 0.3) is 0 Å². The Morgan fingerprint density at radius 1 is 1.10 bits per heavy atom. The lowest BCUT2D eigenvalue weighted by Gasteiger charge is -2.15. The zero-order chi connectivity index (χ0) is 15.4. The van der Waals surface area contributed by atoms with Crippen LogP contribution in [-0.2, 0) is 13.2 Å². The number of methoxy groups -OCH3 is 1. The van der Waals surface area contributed by atoms with Gasteiger partial charge >= 0.3 is 0 Å². The van der Waals surface area contributed by atoms with Crippen molar-refractivity contribution in [1.82, 2.24) is 0 Å². The van der Waals surface area contributed by atoms with Gasteiger partial charge in [-0.15, -0.1) is 0 Å². The SMILES string of the molecule is COc1ccc(Br)cc1COc1c(C)cc(CN)cc1C. The van der Waals surface area contributed by atoms with E-state index in [0.29, 0.717) is 13.2 Å². The van der Waals surface area contributed by atoms with E-state index in [-0.39, 0.29) is 0 Å². The third kappa shape index (κ3) is 3.77. The van der Waals surface area contributed by atoms with Crippen molar-refractivity contribution in [3.8, 4) is 11.5 Å². The van der Waals surface area contributed by atoms with Crippen molar-refractivity contribution >= 4 is 15.9 Å². The zero-order valence-electron chi connectivity index (χ0n) is 12.6. The molecule has 0 aliphatic heterocycles. The molecule has 112 valence electrons. The number of hydrogen-bond donors (Lipinski definition) is 1. The molecule has 0 heterocycles. The molecule has 0 aliphatic carbocycles. The van der Waals surface area contributed by atoms with E-state index in [4.69, 9.17) is 15.2 Å². The average molecular weight is 350 g/mol. The standard InChI is InChI=1S/C17H20BrNO2/c1-11-6-13(9-19)7-12(2)17(11)21-10-14-8-15(18)4-5-16(14)20-3/h4-8H,9-10,19H2,1-3H3. The summed E-state index contributed by atoms with van der Waals surface area (Å²) in [5.74, 6) is 1.74. The molecule has 0 fully saturated rings. The van der Waals surface area contributed by atoms with Crippen LogP contribution in [-0.4, -0.2) is 7.11 Å². The summed E-state index contributed by atoms with van der Waals surface area (Å²) in [7, 11) is 1.67. The first-order valence-corrected chi connectivity index (χ1v) is 7.60. The minimum atomic E-state index is 0.465. The fourth-order valence-corrected chi connectivity index (χ4v) is 2.80. The lowest BCUT2D eigenvalue weighted by molar-refractivity contribution is 0.292. The molecule has 0 bridgehead atoms. The minimum Gasteiger partial charge on any atom is -0.496 e. The fraction of sp³-hybridized carbons (Fsp3) is 0.294. The van der Waals surface area contributed by atoms with Crippen molar-refractivity contribution in [1.29, 1.82) is 0 Å². The highest BCUT2D eigenvalue weighted by Gasteiger charge is 2.09. The van der Waals surface area contributed by atoms with Crippen molar-refractivity contribution in [2.24, 2.45) is 5.73 Å². The topological polar surface area (TPSA) is 44.5 Å². The van der Waals surface area contributed by atoms with Crippen molar-refractivity contribution < 1.29 is 9.47 Å². The van der Waals surface area contributed by atoms with Gasteiger partial charge in [0.2, 0.25) is 0 Å². The average Bonchev–Trinajstić information content (AvgIpc) is 2.46. The second-order valence-electron chi connectivity index (χ2n) is 5.01. The Balaban J connectivity index is 2.22. The van der Waals surface area contributed by atoms with Crippen LogP contribution in [0.3, 0.4) is 0 Å². The van der Waals surface area contributed by atoms with Crippen LogP contribution < -0.4 is 15.2 Å². The third-order valence-corrected chi connectivity index (χ3v) is 3.86. The summed E-state index contributed by atoms with van der Waals surface area (Å²) >= 11 is 3.47. The van der Waals surface area contributed by atoms with Crippen LogP contribution in [0.15, 0.2) is 34.8 Å². The van der Waals surface area contributed by atoms with E-state index in [9.17, 15) is 0 Å². The highest BCUT2D eigenvalue weighted by atomic mass is 79.9. The molecular weight excluding hydrogens is 330 g/mol. The van der Waals surface area contributed by atoms with Crippen molar-refractivity contribution in [2.75, 3.05) is 7.11 Å². The minimum absolute atomic E-state index is 0.465. The molecule has 3 nitrogen and oxygen atoms in total. The van der Waals surface area contributed by atoms with Crippen molar-refractivity contribution in [2.45, 2.75) is 27.0 Å². The van der Waals surface area contributed by atoms with E-state index in [0.717, 1.165) is 38.2 Å². The molecule has 0 saturated carbocycles. The van der Waals surface area contributed by atoms with Crippen LogP contribution in [0.5, 0.6) is 11.5 Å². The summed E-state index contributed by atoms with van der Waals surface area (Å²) in [6.07, 6.45) is 0. The Hall–Kier alpha value is -1.52. The fourth-order valence-electron chi connectivity index (χ4n) is 2.40. The summed E-state index contributed by atoms with van der Waals surface area (Å²) in [5, 5.41) is 0. The Bertz CT molecular complexity index is 618. The first-order valence-electron chi connectivity index (χ1n) is 6.80. The molecule has 0 spiro atoms. The molecule has 2 aromatic rings. The maximum absolute atomic E-state index is 6.01. The molecule has 21 heavy (non-hydrogen) atoms. The summed E-state index contributed by atoms with van der Waals surface area (Å²) in [6, 6.07) is 10.0. The second kappa shape index (κ2) is 6.96. The smallest absolute Gasteiger partial charge is 0.125 e. The van der Waals surface area contributed by atoms with Gasteiger partial charge < -0.3 is 15.2 Å². The highest BCUT2D eigenvalue weighted by molar-refractivity contribution is 9.10. The maximum Gasteiger partial charge on any atom is 0.125 e. The van der Waals surface area contributed by atoms with Gasteiger partial charge in [-0.25, -0.2) is 0 Å². The number of benzene rings is 2. The number of aryl methyl sites for hydroxylation is 2. The van der Waals surface area contributed by atoms with Gasteiger partial charge in [-0.1, -0.05) is 28.1 Å². The number of nitrogens with two attached hydrogens (primary N) is 1. The highest BCUT2D eigenvalue weighted by Crippen LogP contribution is 2.28. The molecule has 0 saturated heterocycles. The van der Waals surface area contributed by atoms with Gasteiger partial charge in [0.05, 0.1) is 7.11 Å². The number of halogens is 1. The molecule has 2 rings (SSSR count). The monoisotopic (exact) mass is 349 g/mol.